The summed E-state index contributed by atoms with van der Waals surface area (Å²) in [7, 11) is 0. The third-order valence-electron chi connectivity index (χ3n) is 2.95. The van der Waals surface area contributed by atoms with Crippen LogP contribution < -0.4 is 0 Å². The lowest BCUT2D eigenvalue weighted by Crippen LogP contribution is -2.05. The first kappa shape index (κ1) is 14.4. The van der Waals surface area contributed by atoms with Crippen LogP contribution in [0.4, 0.5) is 8.78 Å². The van der Waals surface area contributed by atoms with Crippen molar-refractivity contribution in [1.82, 2.24) is 0 Å². The van der Waals surface area contributed by atoms with Gasteiger partial charge in [0.1, 0.15) is 11.6 Å². The number of esters is 1. The topological polar surface area (TPSA) is 38.7 Å². The second kappa shape index (κ2) is 5.69. The predicted octanol–water partition coefficient (Wildman–Crippen LogP) is 3.96. The molecular weight excluding hydrogens is 312 g/mol. The normalized spacial score (nSPS) is 15.9. The number of aliphatic imine (C=N–C) groups is 1. The molecule has 0 aliphatic carbocycles. The van der Waals surface area contributed by atoms with Crippen molar-refractivity contribution in [2.75, 3.05) is 0 Å². The van der Waals surface area contributed by atoms with Gasteiger partial charge in [0.2, 0.25) is 5.90 Å². The summed E-state index contributed by atoms with van der Waals surface area (Å²) in [6.45, 7) is 0. The molecule has 2 aromatic rings. The van der Waals surface area contributed by atoms with Gasteiger partial charge in [-0.2, -0.15) is 0 Å². The summed E-state index contributed by atoms with van der Waals surface area (Å²) in [6.07, 6.45) is 1.20. The van der Waals surface area contributed by atoms with Crippen molar-refractivity contribution in [1.29, 1.82) is 0 Å². The van der Waals surface area contributed by atoms with Crippen LogP contribution in [0.2, 0.25) is 5.02 Å². The van der Waals surface area contributed by atoms with E-state index in [0.29, 0.717) is 10.6 Å². The molecule has 0 atom stereocenters. The van der Waals surface area contributed by atoms with Gasteiger partial charge in [-0.3, -0.25) is 0 Å². The minimum atomic E-state index is -0.785. The standard InChI is InChI=1S/C16H8ClF2NO2/c17-11-3-1-2-10(6-11)15-20-14(16(21)22-15)7-9-4-5-12(18)8-13(9)19/h1-8H/b14-7-. The highest BCUT2D eigenvalue weighted by atomic mass is 35.5. The van der Waals surface area contributed by atoms with Crippen molar-refractivity contribution in [3.63, 3.8) is 0 Å². The molecule has 22 heavy (non-hydrogen) atoms. The summed E-state index contributed by atoms with van der Waals surface area (Å²) >= 11 is 5.87. The van der Waals surface area contributed by atoms with Gasteiger partial charge in [0.05, 0.1) is 0 Å². The molecule has 2 aromatic carbocycles. The molecule has 1 heterocycles. The number of benzene rings is 2. The SMILES string of the molecule is O=C1OC(c2cccc(Cl)c2)=N/C1=C\c1ccc(F)cc1F. The summed E-state index contributed by atoms with van der Waals surface area (Å²) < 4.78 is 31.5. The molecule has 3 nitrogen and oxygen atoms in total. The molecular formula is C16H8ClF2NO2. The van der Waals surface area contributed by atoms with Gasteiger partial charge in [-0.15, -0.1) is 0 Å². The molecule has 0 N–H and O–H groups in total. The zero-order chi connectivity index (χ0) is 15.7. The van der Waals surface area contributed by atoms with Gasteiger partial charge in [0, 0.05) is 22.2 Å². The quantitative estimate of drug-likeness (QED) is 0.620. The van der Waals surface area contributed by atoms with Gasteiger partial charge < -0.3 is 4.74 Å². The predicted molar refractivity (Wildman–Crippen MR) is 78.4 cm³/mol. The number of hydrogen-bond acceptors (Lipinski definition) is 3. The Hall–Kier alpha value is -2.53. The van der Waals surface area contributed by atoms with Crippen LogP contribution in [0.3, 0.4) is 0 Å². The average Bonchev–Trinajstić information content (AvgIpc) is 2.83. The second-order valence-corrected chi connectivity index (χ2v) is 4.95. The summed E-state index contributed by atoms with van der Waals surface area (Å²) in [5.74, 6) is -2.11. The third-order valence-corrected chi connectivity index (χ3v) is 3.18. The molecule has 0 spiro atoms. The van der Waals surface area contributed by atoms with Crippen molar-refractivity contribution >= 4 is 29.5 Å². The van der Waals surface area contributed by atoms with E-state index in [1.165, 1.54) is 12.1 Å². The van der Waals surface area contributed by atoms with Gasteiger partial charge in [-0.1, -0.05) is 17.7 Å². The van der Waals surface area contributed by atoms with E-state index in [4.69, 9.17) is 16.3 Å². The van der Waals surface area contributed by atoms with Crippen LogP contribution in [-0.2, 0) is 9.53 Å². The second-order valence-electron chi connectivity index (χ2n) is 4.51. The average molecular weight is 320 g/mol. The molecule has 0 saturated carbocycles. The number of cyclic esters (lactones) is 1. The number of nitrogens with zero attached hydrogens (tertiary/aromatic N) is 1. The van der Waals surface area contributed by atoms with Gasteiger partial charge in [-0.25, -0.2) is 18.6 Å². The molecule has 0 saturated heterocycles. The highest BCUT2D eigenvalue weighted by Gasteiger charge is 2.24. The fourth-order valence-electron chi connectivity index (χ4n) is 1.92. The molecule has 1 aliphatic heterocycles. The number of hydrogen-bond donors (Lipinski definition) is 0. The lowest BCUT2D eigenvalue weighted by Gasteiger charge is -1.99. The molecule has 110 valence electrons. The van der Waals surface area contributed by atoms with Crippen LogP contribution in [0, 0.1) is 11.6 Å². The van der Waals surface area contributed by atoms with E-state index in [0.717, 1.165) is 12.1 Å². The van der Waals surface area contributed by atoms with Gasteiger partial charge in [0.15, 0.2) is 5.70 Å². The van der Waals surface area contributed by atoms with Crippen LogP contribution in [-0.4, -0.2) is 11.9 Å². The number of ether oxygens (including phenoxy) is 1. The third kappa shape index (κ3) is 2.89. The first-order valence-corrected chi connectivity index (χ1v) is 6.64. The van der Waals surface area contributed by atoms with E-state index in [-0.39, 0.29) is 17.2 Å². The van der Waals surface area contributed by atoms with Crippen LogP contribution >= 0.6 is 11.6 Å². The Morgan fingerprint density at radius 3 is 2.68 bits per heavy atom. The lowest BCUT2D eigenvalue weighted by atomic mass is 10.2. The first-order valence-electron chi connectivity index (χ1n) is 6.26. The van der Waals surface area contributed by atoms with Crippen molar-refractivity contribution in [3.8, 4) is 0 Å². The van der Waals surface area contributed by atoms with E-state index in [2.05, 4.69) is 4.99 Å². The van der Waals surface area contributed by atoms with Crippen molar-refractivity contribution in [2.45, 2.75) is 0 Å². The Balaban J connectivity index is 1.97. The van der Waals surface area contributed by atoms with E-state index in [1.807, 2.05) is 0 Å². The number of carbonyl (C=O) groups is 1. The van der Waals surface area contributed by atoms with Gasteiger partial charge in [0.25, 0.3) is 0 Å². The maximum absolute atomic E-state index is 13.6. The summed E-state index contributed by atoms with van der Waals surface area (Å²) in [6, 6.07) is 9.68. The van der Waals surface area contributed by atoms with E-state index in [1.54, 1.807) is 24.3 Å². The van der Waals surface area contributed by atoms with Crippen molar-refractivity contribution < 1.29 is 18.3 Å². The number of rotatable bonds is 2. The summed E-state index contributed by atoms with van der Waals surface area (Å²) in [5.41, 5.74) is 0.508. The Bertz CT molecular complexity index is 831. The fourth-order valence-corrected chi connectivity index (χ4v) is 2.11. The molecule has 0 radical (unpaired) electrons. The fraction of sp³-hybridized carbons (Fsp3) is 0. The Morgan fingerprint density at radius 1 is 1.14 bits per heavy atom. The zero-order valence-electron chi connectivity index (χ0n) is 11.0. The Labute approximate surface area is 129 Å². The van der Waals surface area contributed by atoms with E-state index >= 15 is 0 Å². The van der Waals surface area contributed by atoms with Gasteiger partial charge in [-0.05, 0) is 36.4 Å². The van der Waals surface area contributed by atoms with E-state index in [9.17, 15) is 13.6 Å². The van der Waals surface area contributed by atoms with Gasteiger partial charge >= 0.3 is 5.97 Å². The molecule has 6 heteroatoms. The molecule has 3 rings (SSSR count). The molecule has 0 fully saturated rings. The van der Waals surface area contributed by atoms with E-state index < -0.39 is 17.6 Å². The molecule has 0 amide bonds. The summed E-state index contributed by atoms with van der Waals surface area (Å²) in [4.78, 5) is 15.8. The Kier molecular flexibility index (Phi) is 3.73. The highest BCUT2D eigenvalue weighted by molar-refractivity contribution is 6.31. The maximum Gasteiger partial charge on any atom is 0.363 e. The maximum atomic E-state index is 13.6. The Morgan fingerprint density at radius 2 is 1.95 bits per heavy atom. The first-order chi connectivity index (χ1) is 10.5. The number of halogens is 3. The molecule has 0 bridgehead atoms. The monoisotopic (exact) mass is 319 g/mol. The highest BCUT2D eigenvalue weighted by Crippen LogP contribution is 2.22. The minimum Gasteiger partial charge on any atom is -0.402 e. The van der Waals surface area contributed by atoms with Crippen LogP contribution in [0.5, 0.6) is 0 Å². The lowest BCUT2D eigenvalue weighted by molar-refractivity contribution is -0.129. The van der Waals surface area contributed by atoms with Crippen LogP contribution in [0.1, 0.15) is 11.1 Å². The van der Waals surface area contributed by atoms with Crippen LogP contribution in [0.15, 0.2) is 53.2 Å². The van der Waals surface area contributed by atoms with Crippen LogP contribution in [0.25, 0.3) is 6.08 Å². The minimum absolute atomic E-state index is 0.0458. The molecule has 0 unspecified atom stereocenters. The largest absolute Gasteiger partial charge is 0.402 e. The molecule has 0 aromatic heterocycles. The summed E-state index contributed by atoms with van der Waals surface area (Å²) in [5, 5.41) is 0.471. The molecule has 1 aliphatic rings. The van der Waals surface area contributed by atoms with Crippen molar-refractivity contribution in [3.05, 3.63) is 75.9 Å². The smallest absolute Gasteiger partial charge is 0.363 e. The van der Waals surface area contributed by atoms with Crippen molar-refractivity contribution in [2.24, 2.45) is 4.99 Å². The number of carbonyl (C=O) groups excluding carboxylic acids is 1. The zero-order valence-corrected chi connectivity index (χ0v) is 11.8.